The molecule has 6 nitrogen and oxygen atoms in total. The summed E-state index contributed by atoms with van der Waals surface area (Å²) in [7, 11) is 7.59. The molecule has 2 rings (SSSR count). The number of methoxy groups -OCH3 is 1. The molecule has 0 fully saturated rings. The van der Waals surface area contributed by atoms with Gasteiger partial charge in [0.05, 0.1) is 18.2 Å². The van der Waals surface area contributed by atoms with E-state index in [-0.39, 0.29) is 6.04 Å². The van der Waals surface area contributed by atoms with E-state index in [0.29, 0.717) is 5.88 Å². The van der Waals surface area contributed by atoms with Crippen LogP contribution in [0.15, 0.2) is 6.20 Å². The average Bonchev–Trinajstić information content (AvgIpc) is 3.01. The monoisotopic (exact) mass is 309 g/mol. The van der Waals surface area contributed by atoms with E-state index in [0.717, 1.165) is 16.6 Å². The van der Waals surface area contributed by atoms with Crippen LogP contribution < -0.4 is 15.0 Å². The highest BCUT2D eigenvalue weighted by molar-refractivity contribution is 7.15. The SMILES string of the molecule is COc1nc(N(C)C)sc1CNC(C)c1cnn(C)c1C. The Balaban J connectivity index is 2.07. The Morgan fingerprint density at radius 2 is 2.19 bits per heavy atom. The highest BCUT2D eigenvalue weighted by Crippen LogP contribution is 2.30. The molecule has 0 bridgehead atoms. The molecule has 0 aromatic carbocycles. The van der Waals surface area contributed by atoms with Gasteiger partial charge in [0.25, 0.3) is 0 Å². The molecule has 1 atom stereocenters. The third-order valence-electron chi connectivity index (χ3n) is 3.53. The number of rotatable bonds is 6. The minimum Gasteiger partial charge on any atom is -0.480 e. The van der Waals surface area contributed by atoms with Gasteiger partial charge < -0.3 is 15.0 Å². The first kappa shape index (κ1) is 15.8. The van der Waals surface area contributed by atoms with Crippen LogP contribution in [-0.4, -0.2) is 36.0 Å². The van der Waals surface area contributed by atoms with Crippen molar-refractivity contribution in [3.05, 3.63) is 22.3 Å². The Bertz CT molecular complexity index is 605. The van der Waals surface area contributed by atoms with E-state index in [1.807, 2.05) is 36.9 Å². The van der Waals surface area contributed by atoms with E-state index in [1.54, 1.807) is 18.4 Å². The second-order valence-corrected chi connectivity index (χ2v) is 6.30. The molecule has 0 spiro atoms. The molecule has 0 saturated heterocycles. The Kier molecular flexibility index (Phi) is 4.84. The number of anilines is 1. The zero-order valence-electron chi connectivity index (χ0n) is 13.5. The van der Waals surface area contributed by atoms with E-state index in [1.165, 1.54) is 11.3 Å². The smallest absolute Gasteiger partial charge is 0.230 e. The normalized spacial score (nSPS) is 12.5. The highest BCUT2D eigenvalue weighted by atomic mass is 32.1. The number of hydrogen-bond donors (Lipinski definition) is 1. The van der Waals surface area contributed by atoms with Crippen molar-refractivity contribution < 1.29 is 4.74 Å². The predicted molar refractivity (Wildman–Crippen MR) is 86.2 cm³/mol. The van der Waals surface area contributed by atoms with Gasteiger partial charge in [-0.1, -0.05) is 11.3 Å². The first-order valence-electron chi connectivity index (χ1n) is 6.87. The van der Waals surface area contributed by atoms with E-state index >= 15 is 0 Å². The summed E-state index contributed by atoms with van der Waals surface area (Å²) >= 11 is 1.65. The van der Waals surface area contributed by atoms with Crippen LogP contribution in [-0.2, 0) is 13.6 Å². The summed E-state index contributed by atoms with van der Waals surface area (Å²) < 4.78 is 7.25. The van der Waals surface area contributed by atoms with E-state index in [9.17, 15) is 0 Å². The standard InChI is InChI=1S/C14H23N5OS/c1-9(11-7-16-19(5)10(11)2)15-8-12-13(20-6)17-14(21-12)18(3)4/h7,9,15H,8H2,1-6H3. The van der Waals surface area contributed by atoms with Crippen molar-refractivity contribution in [1.29, 1.82) is 0 Å². The maximum Gasteiger partial charge on any atom is 0.230 e. The maximum absolute atomic E-state index is 5.36. The molecular formula is C14H23N5OS. The number of aryl methyl sites for hydroxylation is 1. The molecule has 1 unspecified atom stereocenters. The van der Waals surface area contributed by atoms with Crippen molar-refractivity contribution in [2.45, 2.75) is 26.4 Å². The molecule has 7 heteroatoms. The molecule has 1 N–H and O–H groups in total. The molecule has 0 amide bonds. The lowest BCUT2D eigenvalue weighted by Gasteiger charge is -2.13. The second kappa shape index (κ2) is 6.44. The number of hydrogen-bond acceptors (Lipinski definition) is 6. The van der Waals surface area contributed by atoms with E-state index in [4.69, 9.17) is 4.74 Å². The summed E-state index contributed by atoms with van der Waals surface area (Å²) in [5, 5.41) is 8.76. The fraction of sp³-hybridized carbons (Fsp3) is 0.571. The Labute approximate surface area is 129 Å². The summed E-state index contributed by atoms with van der Waals surface area (Å²) in [4.78, 5) is 7.56. The Morgan fingerprint density at radius 3 is 2.71 bits per heavy atom. The minimum absolute atomic E-state index is 0.230. The van der Waals surface area contributed by atoms with Crippen molar-refractivity contribution >= 4 is 16.5 Å². The highest BCUT2D eigenvalue weighted by Gasteiger charge is 2.16. The van der Waals surface area contributed by atoms with Gasteiger partial charge in [0.15, 0.2) is 5.13 Å². The number of aromatic nitrogens is 3. The fourth-order valence-corrected chi connectivity index (χ4v) is 2.99. The predicted octanol–water partition coefficient (Wildman–Crippen LogP) is 2.11. The molecule has 0 aliphatic rings. The largest absolute Gasteiger partial charge is 0.480 e. The van der Waals surface area contributed by atoms with Gasteiger partial charge in [0.1, 0.15) is 0 Å². The van der Waals surface area contributed by atoms with Gasteiger partial charge >= 0.3 is 0 Å². The zero-order chi connectivity index (χ0) is 15.6. The molecule has 21 heavy (non-hydrogen) atoms. The molecule has 2 heterocycles. The third-order valence-corrected chi connectivity index (χ3v) is 4.74. The van der Waals surface area contributed by atoms with Gasteiger partial charge in [-0.2, -0.15) is 10.1 Å². The van der Waals surface area contributed by atoms with Crippen molar-refractivity contribution in [3.63, 3.8) is 0 Å². The van der Waals surface area contributed by atoms with Crippen LogP contribution in [0.5, 0.6) is 5.88 Å². The molecule has 0 aliphatic heterocycles. The van der Waals surface area contributed by atoms with Crippen molar-refractivity contribution in [2.24, 2.45) is 7.05 Å². The van der Waals surface area contributed by atoms with Gasteiger partial charge in [-0.15, -0.1) is 0 Å². The van der Waals surface area contributed by atoms with Crippen LogP contribution in [0, 0.1) is 6.92 Å². The average molecular weight is 309 g/mol. The summed E-state index contributed by atoms with van der Waals surface area (Å²) in [6.07, 6.45) is 1.92. The quantitative estimate of drug-likeness (QED) is 0.886. The molecule has 0 aliphatic carbocycles. The lowest BCUT2D eigenvalue weighted by Crippen LogP contribution is -2.18. The summed E-state index contributed by atoms with van der Waals surface area (Å²) in [6.45, 7) is 4.95. The van der Waals surface area contributed by atoms with Crippen LogP contribution in [0.4, 0.5) is 5.13 Å². The number of thiazole rings is 1. The summed E-state index contributed by atoms with van der Waals surface area (Å²) in [5.41, 5.74) is 2.40. The topological polar surface area (TPSA) is 55.2 Å². The van der Waals surface area contributed by atoms with Crippen LogP contribution in [0.3, 0.4) is 0 Å². The number of nitrogens with one attached hydrogen (secondary N) is 1. The Morgan fingerprint density at radius 1 is 1.48 bits per heavy atom. The van der Waals surface area contributed by atoms with Crippen molar-refractivity contribution in [3.8, 4) is 5.88 Å². The van der Waals surface area contributed by atoms with Crippen LogP contribution >= 0.6 is 11.3 Å². The van der Waals surface area contributed by atoms with Gasteiger partial charge in [0, 0.05) is 45.0 Å². The minimum atomic E-state index is 0.230. The second-order valence-electron chi connectivity index (χ2n) is 5.23. The fourth-order valence-electron chi connectivity index (χ4n) is 2.08. The van der Waals surface area contributed by atoms with Crippen molar-refractivity contribution in [1.82, 2.24) is 20.1 Å². The van der Waals surface area contributed by atoms with E-state index < -0.39 is 0 Å². The first-order valence-corrected chi connectivity index (χ1v) is 7.68. The maximum atomic E-state index is 5.36. The van der Waals surface area contributed by atoms with Gasteiger partial charge in [0.2, 0.25) is 5.88 Å². The molecule has 0 saturated carbocycles. The number of nitrogens with zero attached hydrogens (tertiary/aromatic N) is 4. The van der Waals surface area contributed by atoms with Gasteiger partial charge in [-0.05, 0) is 13.8 Å². The van der Waals surface area contributed by atoms with Crippen LogP contribution in [0.1, 0.15) is 29.1 Å². The van der Waals surface area contributed by atoms with Gasteiger partial charge in [-0.25, -0.2) is 0 Å². The number of ether oxygens (including phenoxy) is 1. The summed E-state index contributed by atoms with van der Waals surface area (Å²) in [5.74, 6) is 0.700. The van der Waals surface area contributed by atoms with Gasteiger partial charge in [-0.3, -0.25) is 4.68 Å². The lowest BCUT2D eigenvalue weighted by atomic mass is 10.1. The molecule has 2 aromatic heterocycles. The molecule has 2 aromatic rings. The van der Waals surface area contributed by atoms with Crippen LogP contribution in [0.2, 0.25) is 0 Å². The van der Waals surface area contributed by atoms with Crippen LogP contribution in [0.25, 0.3) is 0 Å². The molecule has 0 radical (unpaired) electrons. The first-order chi connectivity index (χ1) is 9.93. The Hall–Kier alpha value is -1.60. The third kappa shape index (κ3) is 3.36. The van der Waals surface area contributed by atoms with E-state index in [2.05, 4.69) is 29.2 Å². The molecule has 116 valence electrons. The lowest BCUT2D eigenvalue weighted by molar-refractivity contribution is 0.393. The zero-order valence-corrected chi connectivity index (χ0v) is 14.3. The molecular weight excluding hydrogens is 286 g/mol. The van der Waals surface area contributed by atoms with Crippen molar-refractivity contribution in [2.75, 3.05) is 26.1 Å². The summed E-state index contributed by atoms with van der Waals surface area (Å²) in [6, 6.07) is 0.230.